The Balaban J connectivity index is 2.12. The average molecular weight is 369 g/mol. The molecule has 2 aromatic carbocycles. The van der Waals surface area contributed by atoms with E-state index in [1.54, 1.807) is 13.0 Å². The Kier molecular flexibility index (Phi) is 5.64. The number of carbonyl (C=O) groups excluding carboxylic acids is 1. The van der Waals surface area contributed by atoms with Gasteiger partial charge in [0.15, 0.2) is 0 Å². The second-order valence-corrected chi connectivity index (χ2v) is 6.44. The van der Waals surface area contributed by atoms with Gasteiger partial charge in [-0.3, -0.25) is 10.1 Å². The molecule has 27 heavy (non-hydrogen) atoms. The molecule has 0 spiro atoms. The second-order valence-electron chi connectivity index (χ2n) is 6.44. The normalized spacial score (nSPS) is 22.0. The van der Waals surface area contributed by atoms with Crippen LogP contribution in [-0.2, 0) is 9.53 Å². The van der Waals surface area contributed by atoms with Crippen LogP contribution < -0.4 is 0 Å². The van der Waals surface area contributed by atoms with Crippen molar-refractivity contribution in [1.82, 2.24) is 0 Å². The third-order valence-electron chi connectivity index (χ3n) is 4.89. The van der Waals surface area contributed by atoms with Crippen molar-refractivity contribution in [1.29, 1.82) is 0 Å². The van der Waals surface area contributed by atoms with E-state index in [4.69, 9.17) is 4.74 Å². The fourth-order valence-corrected chi connectivity index (χ4v) is 3.71. The van der Waals surface area contributed by atoms with Crippen molar-refractivity contribution in [3.05, 3.63) is 93.3 Å². The van der Waals surface area contributed by atoms with E-state index in [2.05, 4.69) is 0 Å². The molecule has 0 unspecified atom stereocenters. The van der Waals surface area contributed by atoms with Crippen molar-refractivity contribution in [3.63, 3.8) is 0 Å². The summed E-state index contributed by atoms with van der Waals surface area (Å²) < 4.78 is 18.5. The standard InChI is InChI=1S/C21H20FNO4/c1-2-27-21(24)18-13-12-17(14-6-4-3-5-7-14)20(23(25)26)19(18)15-8-10-16(22)11-9-15/h3-11,13,17,19-20H,2,12H2,1H3/t17-,19+,20-/m0/s1. The predicted molar refractivity (Wildman–Crippen MR) is 98.4 cm³/mol. The first-order chi connectivity index (χ1) is 13.0. The summed E-state index contributed by atoms with van der Waals surface area (Å²) >= 11 is 0. The summed E-state index contributed by atoms with van der Waals surface area (Å²) in [5.41, 5.74) is 1.63. The number of esters is 1. The van der Waals surface area contributed by atoms with E-state index in [1.165, 1.54) is 24.3 Å². The average Bonchev–Trinajstić information content (AvgIpc) is 2.68. The topological polar surface area (TPSA) is 69.4 Å². The molecule has 0 radical (unpaired) electrons. The minimum absolute atomic E-state index is 0.178. The highest BCUT2D eigenvalue weighted by molar-refractivity contribution is 5.90. The lowest BCUT2D eigenvalue weighted by Crippen LogP contribution is -2.39. The Labute approximate surface area is 156 Å². The molecule has 2 aromatic rings. The Hall–Kier alpha value is -3.02. The van der Waals surface area contributed by atoms with Crippen LogP contribution in [0.15, 0.2) is 66.2 Å². The molecule has 140 valence electrons. The molecule has 5 nitrogen and oxygen atoms in total. The molecule has 0 aromatic heterocycles. The van der Waals surface area contributed by atoms with Crippen LogP contribution in [0.1, 0.15) is 36.3 Å². The van der Waals surface area contributed by atoms with E-state index in [0.717, 1.165) is 5.56 Å². The van der Waals surface area contributed by atoms with Crippen molar-refractivity contribution in [2.75, 3.05) is 6.61 Å². The largest absolute Gasteiger partial charge is 0.463 e. The maximum Gasteiger partial charge on any atom is 0.334 e. The summed E-state index contributed by atoms with van der Waals surface area (Å²) in [6, 6.07) is 13.7. The molecule has 3 atom stereocenters. The number of ether oxygens (including phenoxy) is 1. The van der Waals surface area contributed by atoms with Crippen LogP contribution in [-0.4, -0.2) is 23.5 Å². The van der Waals surface area contributed by atoms with Crippen LogP contribution in [0.4, 0.5) is 4.39 Å². The Morgan fingerprint density at radius 3 is 2.41 bits per heavy atom. The Bertz CT molecular complexity index is 848. The molecule has 3 rings (SSSR count). The molecular weight excluding hydrogens is 349 g/mol. The maximum atomic E-state index is 13.4. The van der Waals surface area contributed by atoms with Gasteiger partial charge in [-0.1, -0.05) is 48.5 Å². The smallest absolute Gasteiger partial charge is 0.334 e. The number of hydrogen-bond acceptors (Lipinski definition) is 4. The van der Waals surface area contributed by atoms with Crippen molar-refractivity contribution >= 4 is 5.97 Å². The fraction of sp³-hybridized carbons (Fsp3) is 0.286. The molecular formula is C21H20FNO4. The van der Waals surface area contributed by atoms with Gasteiger partial charge in [0, 0.05) is 10.5 Å². The van der Waals surface area contributed by atoms with Gasteiger partial charge in [-0.15, -0.1) is 0 Å². The fourth-order valence-electron chi connectivity index (χ4n) is 3.71. The summed E-state index contributed by atoms with van der Waals surface area (Å²) in [7, 11) is 0. The highest BCUT2D eigenvalue weighted by atomic mass is 19.1. The lowest BCUT2D eigenvalue weighted by atomic mass is 9.71. The highest BCUT2D eigenvalue weighted by Gasteiger charge is 2.47. The first-order valence-electron chi connectivity index (χ1n) is 8.84. The first-order valence-corrected chi connectivity index (χ1v) is 8.84. The molecule has 0 N–H and O–H groups in total. The van der Waals surface area contributed by atoms with E-state index in [0.29, 0.717) is 12.0 Å². The number of halogens is 1. The van der Waals surface area contributed by atoms with Crippen LogP contribution >= 0.6 is 0 Å². The molecule has 1 aliphatic rings. The second kappa shape index (κ2) is 8.12. The molecule has 0 heterocycles. The van der Waals surface area contributed by atoms with Crippen molar-refractivity contribution < 1.29 is 18.8 Å². The van der Waals surface area contributed by atoms with Gasteiger partial charge in [0.1, 0.15) is 5.82 Å². The number of nitro groups is 1. The van der Waals surface area contributed by atoms with Crippen LogP contribution in [0, 0.1) is 15.9 Å². The van der Waals surface area contributed by atoms with E-state index >= 15 is 0 Å². The highest BCUT2D eigenvalue weighted by Crippen LogP contribution is 2.43. The van der Waals surface area contributed by atoms with E-state index in [-0.39, 0.29) is 17.1 Å². The van der Waals surface area contributed by atoms with Gasteiger partial charge < -0.3 is 4.74 Å². The summed E-state index contributed by atoms with van der Waals surface area (Å²) in [5.74, 6) is -2.20. The van der Waals surface area contributed by atoms with Gasteiger partial charge in [0.25, 0.3) is 0 Å². The minimum Gasteiger partial charge on any atom is -0.463 e. The number of carbonyl (C=O) groups is 1. The summed E-state index contributed by atoms with van der Waals surface area (Å²) in [4.78, 5) is 24.2. The molecule has 0 amide bonds. The summed E-state index contributed by atoms with van der Waals surface area (Å²) in [6.45, 7) is 1.86. The molecule has 0 aliphatic heterocycles. The van der Waals surface area contributed by atoms with Crippen LogP contribution in [0.2, 0.25) is 0 Å². The van der Waals surface area contributed by atoms with E-state index < -0.39 is 29.7 Å². The molecule has 0 bridgehead atoms. The zero-order chi connectivity index (χ0) is 19.4. The third-order valence-corrected chi connectivity index (χ3v) is 4.89. The van der Waals surface area contributed by atoms with Gasteiger partial charge in [0.05, 0.1) is 18.4 Å². The lowest BCUT2D eigenvalue weighted by Gasteiger charge is -2.32. The van der Waals surface area contributed by atoms with E-state index in [9.17, 15) is 19.3 Å². The molecule has 0 saturated carbocycles. The van der Waals surface area contributed by atoms with Crippen molar-refractivity contribution in [2.24, 2.45) is 0 Å². The van der Waals surface area contributed by atoms with Gasteiger partial charge in [-0.25, -0.2) is 9.18 Å². The number of benzene rings is 2. The molecule has 6 heteroatoms. The first kappa shape index (κ1) is 18.8. The third kappa shape index (κ3) is 3.89. The SMILES string of the molecule is CCOC(=O)C1=CC[C@@H](c2ccccc2)[C@H]([N+](=O)[O-])[C@@H]1c1ccc(F)cc1. The Morgan fingerprint density at radius 2 is 1.81 bits per heavy atom. The maximum absolute atomic E-state index is 13.4. The minimum atomic E-state index is -1.05. The monoisotopic (exact) mass is 369 g/mol. The van der Waals surface area contributed by atoms with Gasteiger partial charge in [0.2, 0.25) is 6.04 Å². The van der Waals surface area contributed by atoms with Crippen LogP contribution in [0.5, 0.6) is 0 Å². The number of rotatable bonds is 5. The lowest BCUT2D eigenvalue weighted by molar-refractivity contribution is -0.530. The number of hydrogen-bond donors (Lipinski definition) is 0. The quantitative estimate of drug-likeness (QED) is 0.449. The van der Waals surface area contributed by atoms with Crippen LogP contribution in [0.3, 0.4) is 0 Å². The van der Waals surface area contributed by atoms with Gasteiger partial charge in [-0.05, 0) is 36.6 Å². The summed E-state index contributed by atoms with van der Waals surface area (Å²) in [5, 5.41) is 12.1. The molecule has 1 aliphatic carbocycles. The van der Waals surface area contributed by atoms with Crippen molar-refractivity contribution in [3.8, 4) is 0 Å². The number of nitrogens with zero attached hydrogens (tertiary/aromatic N) is 1. The summed E-state index contributed by atoms with van der Waals surface area (Å²) in [6.07, 6.45) is 2.09. The Morgan fingerprint density at radius 1 is 1.15 bits per heavy atom. The van der Waals surface area contributed by atoms with Crippen LogP contribution in [0.25, 0.3) is 0 Å². The zero-order valence-corrected chi connectivity index (χ0v) is 14.9. The van der Waals surface area contributed by atoms with E-state index in [1.807, 2.05) is 30.3 Å². The van der Waals surface area contributed by atoms with Gasteiger partial charge >= 0.3 is 5.97 Å². The predicted octanol–water partition coefficient (Wildman–Crippen LogP) is 4.23. The van der Waals surface area contributed by atoms with Gasteiger partial charge in [-0.2, -0.15) is 0 Å². The molecule has 0 saturated heterocycles. The van der Waals surface area contributed by atoms with Crippen molar-refractivity contribution in [2.45, 2.75) is 31.2 Å². The number of allylic oxidation sites excluding steroid dienone is 1. The zero-order valence-electron chi connectivity index (χ0n) is 14.9. The molecule has 0 fully saturated rings.